The Morgan fingerprint density at radius 3 is 2.63 bits per heavy atom. The van der Waals surface area contributed by atoms with Crippen molar-refractivity contribution in [1.29, 1.82) is 0 Å². The molecular weight excluding hydrogens is 375 g/mol. The summed E-state index contributed by atoms with van der Waals surface area (Å²) in [6.45, 7) is 4.72. The van der Waals surface area contributed by atoms with Gasteiger partial charge in [0, 0.05) is 44.2 Å². The molecule has 0 atom stereocenters. The van der Waals surface area contributed by atoms with Crippen LogP contribution in [0.1, 0.15) is 21.8 Å². The number of carbonyl (C=O) groups is 1. The minimum atomic E-state index is -4.33. The number of hydrogen-bond donors (Lipinski definition) is 0. The smallest absolute Gasteiger partial charge is 0.337 e. The van der Waals surface area contributed by atoms with Gasteiger partial charge < -0.3 is 4.90 Å². The first-order valence-corrected chi connectivity index (χ1v) is 9.47. The van der Waals surface area contributed by atoms with Crippen molar-refractivity contribution >= 4 is 23.3 Å². The largest absolute Gasteiger partial charge is 0.416 e. The zero-order valence-electron chi connectivity index (χ0n) is 14.9. The number of alkyl halides is 3. The molecule has 1 aliphatic heterocycles. The maximum Gasteiger partial charge on any atom is 0.416 e. The Balaban J connectivity index is 1.51. The molecule has 4 nitrogen and oxygen atoms in total. The van der Waals surface area contributed by atoms with Crippen molar-refractivity contribution in [2.75, 3.05) is 26.2 Å². The highest BCUT2D eigenvalue weighted by Crippen LogP contribution is 2.29. The molecule has 2 heterocycles. The highest BCUT2D eigenvalue weighted by molar-refractivity contribution is 7.09. The zero-order valence-corrected chi connectivity index (χ0v) is 15.7. The average Bonchev–Trinajstić information content (AvgIpc) is 3.05. The summed E-state index contributed by atoms with van der Waals surface area (Å²) < 4.78 is 38.4. The first kappa shape index (κ1) is 19.6. The van der Waals surface area contributed by atoms with Crippen LogP contribution in [0.3, 0.4) is 0 Å². The number of benzene rings is 1. The van der Waals surface area contributed by atoms with Crippen molar-refractivity contribution in [2.45, 2.75) is 19.6 Å². The van der Waals surface area contributed by atoms with Crippen molar-refractivity contribution in [2.24, 2.45) is 0 Å². The number of hydrogen-bond acceptors (Lipinski definition) is 4. The summed E-state index contributed by atoms with van der Waals surface area (Å²) in [7, 11) is 0. The number of amides is 1. The first-order valence-electron chi connectivity index (χ1n) is 8.59. The summed E-state index contributed by atoms with van der Waals surface area (Å²) in [5.74, 6) is -0.0700. The van der Waals surface area contributed by atoms with E-state index in [9.17, 15) is 18.0 Å². The van der Waals surface area contributed by atoms with Gasteiger partial charge in [0.15, 0.2) is 0 Å². The fourth-order valence-electron chi connectivity index (χ4n) is 2.95. The van der Waals surface area contributed by atoms with Crippen molar-refractivity contribution < 1.29 is 18.0 Å². The average molecular weight is 395 g/mol. The number of rotatable bonds is 4. The van der Waals surface area contributed by atoms with Crippen LogP contribution >= 0.6 is 11.3 Å². The molecule has 1 amide bonds. The van der Waals surface area contributed by atoms with Crippen LogP contribution in [0.4, 0.5) is 13.2 Å². The lowest BCUT2D eigenvalue weighted by molar-refractivity contribution is -0.137. The molecule has 1 fully saturated rings. The summed E-state index contributed by atoms with van der Waals surface area (Å²) in [4.78, 5) is 20.4. The predicted octanol–water partition coefficient (Wildman–Crippen LogP) is 3.83. The fraction of sp³-hybridized carbons (Fsp3) is 0.368. The number of piperazine rings is 1. The molecule has 27 heavy (non-hydrogen) atoms. The summed E-state index contributed by atoms with van der Waals surface area (Å²) >= 11 is 1.53. The molecule has 0 bridgehead atoms. The van der Waals surface area contributed by atoms with Crippen LogP contribution in [0.2, 0.25) is 0 Å². The minimum absolute atomic E-state index is 0.0700. The first-order chi connectivity index (χ1) is 12.8. The van der Waals surface area contributed by atoms with Gasteiger partial charge >= 0.3 is 6.18 Å². The van der Waals surface area contributed by atoms with E-state index < -0.39 is 11.7 Å². The van der Waals surface area contributed by atoms with Crippen LogP contribution in [-0.2, 0) is 17.5 Å². The molecule has 1 aromatic heterocycles. The number of aryl methyl sites for hydroxylation is 1. The normalized spacial score (nSPS) is 16.2. The maximum atomic E-state index is 12.8. The number of nitrogens with zero attached hydrogens (tertiary/aromatic N) is 3. The number of halogens is 3. The van der Waals surface area contributed by atoms with Gasteiger partial charge in [-0.15, -0.1) is 11.3 Å². The Morgan fingerprint density at radius 2 is 2.00 bits per heavy atom. The summed E-state index contributed by atoms with van der Waals surface area (Å²) in [5, 5.41) is 2.84. The highest BCUT2D eigenvalue weighted by Gasteiger charge is 2.30. The quantitative estimate of drug-likeness (QED) is 0.739. The molecular formula is C19H20F3N3OS. The molecule has 0 N–H and O–H groups in total. The SMILES string of the molecule is Cc1nc(/C=C/C(=O)N2CCN(Cc3cccc(C(F)(F)F)c3)CC2)cs1. The standard InChI is InChI=1S/C19H20F3N3OS/c1-14-23-17(13-27-14)5-6-18(26)25-9-7-24(8-10-25)12-15-3-2-4-16(11-15)19(20,21)22/h2-6,11,13H,7-10,12H2,1H3/b6-5+. The van der Waals surface area contributed by atoms with E-state index in [0.717, 1.165) is 16.8 Å². The Morgan fingerprint density at radius 1 is 1.26 bits per heavy atom. The van der Waals surface area contributed by atoms with E-state index in [4.69, 9.17) is 0 Å². The minimum Gasteiger partial charge on any atom is -0.337 e. The molecule has 1 aliphatic rings. The van der Waals surface area contributed by atoms with E-state index >= 15 is 0 Å². The lowest BCUT2D eigenvalue weighted by Gasteiger charge is -2.34. The van der Waals surface area contributed by atoms with Crippen LogP contribution in [0.25, 0.3) is 6.08 Å². The molecule has 3 rings (SSSR count). The maximum absolute atomic E-state index is 12.8. The monoisotopic (exact) mass is 395 g/mol. The highest BCUT2D eigenvalue weighted by atomic mass is 32.1. The summed E-state index contributed by atoms with van der Waals surface area (Å²) in [5.41, 5.74) is 0.772. The van der Waals surface area contributed by atoms with Crippen LogP contribution in [-0.4, -0.2) is 46.9 Å². The van der Waals surface area contributed by atoms with E-state index in [2.05, 4.69) is 9.88 Å². The van der Waals surface area contributed by atoms with E-state index in [1.165, 1.54) is 29.5 Å². The van der Waals surface area contributed by atoms with Crippen LogP contribution in [0, 0.1) is 6.92 Å². The van der Waals surface area contributed by atoms with Crippen LogP contribution in [0.5, 0.6) is 0 Å². The third kappa shape index (κ3) is 5.40. The van der Waals surface area contributed by atoms with Gasteiger partial charge in [-0.05, 0) is 24.6 Å². The lowest BCUT2D eigenvalue weighted by atomic mass is 10.1. The molecule has 1 saturated heterocycles. The van der Waals surface area contributed by atoms with E-state index in [1.54, 1.807) is 17.0 Å². The Hall–Kier alpha value is -2.19. The molecule has 2 aromatic rings. The third-order valence-corrected chi connectivity index (χ3v) is 5.17. The second-order valence-corrected chi connectivity index (χ2v) is 7.49. The summed E-state index contributed by atoms with van der Waals surface area (Å²) in [6.07, 6.45) is -1.10. The zero-order chi connectivity index (χ0) is 19.4. The van der Waals surface area contributed by atoms with Crippen molar-refractivity contribution in [1.82, 2.24) is 14.8 Å². The van der Waals surface area contributed by atoms with Gasteiger partial charge in [-0.1, -0.05) is 18.2 Å². The van der Waals surface area contributed by atoms with Gasteiger partial charge in [0.2, 0.25) is 5.91 Å². The fourth-order valence-corrected chi connectivity index (χ4v) is 3.53. The molecule has 0 radical (unpaired) electrons. The lowest BCUT2D eigenvalue weighted by Crippen LogP contribution is -2.47. The second kappa shape index (κ2) is 8.22. The van der Waals surface area contributed by atoms with Crippen LogP contribution in [0.15, 0.2) is 35.7 Å². The third-order valence-electron chi connectivity index (χ3n) is 4.38. The number of aromatic nitrogens is 1. The number of carbonyl (C=O) groups excluding carboxylic acids is 1. The number of thiazole rings is 1. The van der Waals surface area contributed by atoms with Crippen LogP contribution < -0.4 is 0 Å². The van der Waals surface area contributed by atoms with Gasteiger partial charge in [0.05, 0.1) is 16.3 Å². The Bertz CT molecular complexity index is 824. The second-order valence-electron chi connectivity index (χ2n) is 6.42. The predicted molar refractivity (Wildman–Crippen MR) is 99.2 cm³/mol. The van der Waals surface area contributed by atoms with E-state index in [0.29, 0.717) is 38.3 Å². The Kier molecular flexibility index (Phi) is 5.96. The topological polar surface area (TPSA) is 36.4 Å². The molecule has 144 valence electrons. The molecule has 0 aliphatic carbocycles. The van der Waals surface area contributed by atoms with Crippen molar-refractivity contribution in [3.63, 3.8) is 0 Å². The molecule has 0 unspecified atom stereocenters. The molecule has 8 heteroatoms. The van der Waals surface area contributed by atoms with Gasteiger partial charge in [0.1, 0.15) is 0 Å². The molecule has 1 aromatic carbocycles. The van der Waals surface area contributed by atoms with Gasteiger partial charge in [-0.3, -0.25) is 9.69 Å². The van der Waals surface area contributed by atoms with Gasteiger partial charge in [-0.2, -0.15) is 13.2 Å². The molecule has 0 saturated carbocycles. The molecule has 0 spiro atoms. The summed E-state index contributed by atoms with van der Waals surface area (Å²) in [6, 6.07) is 5.40. The van der Waals surface area contributed by atoms with E-state index in [1.807, 2.05) is 12.3 Å². The van der Waals surface area contributed by atoms with Crippen molar-refractivity contribution in [3.8, 4) is 0 Å². The van der Waals surface area contributed by atoms with Gasteiger partial charge in [-0.25, -0.2) is 4.98 Å². The van der Waals surface area contributed by atoms with Crippen molar-refractivity contribution in [3.05, 3.63) is 57.6 Å². The van der Waals surface area contributed by atoms with E-state index in [-0.39, 0.29) is 5.91 Å². The Labute approximate surface area is 159 Å². The van der Waals surface area contributed by atoms with Gasteiger partial charge in [0.25, 0.3) is 0 Å².